The van der Waals surface area contributed by atoms with Gasteiger partial charge in [0.25, 0.3) is 0 Å². The maximum atomic E-state index is 5.34. The summed E-state index contributed by atoms with van der Waals surface area (Å²) in [7, 11) is 0. The third kappa shape index (κ3) is 4.79. The summed E-state index contributed by atoms with van der Waals surface area (Å²) in [6, 6.07) is 28.1. The fraction of sp³-hybridized carbons (Fsp3) is 0.0417. The molecule has 1 heterocycles. The Balaban J connectivity index is 1.54. The Morgan fingerprint density at radius 1 is 0.933 bits per heavy atom. The molecule has 0 aliphatic carbocycles. The third-order valence-electron chi connectivity index (χ3n) is 4.49. The van der Waals surface area contributed by atoms with E-state index in [0.717, 1.165) is 28.2 Å². The summed E-state index contributed by atoms with van der Waals surface area (Å²) in [6.07, 6.45) is 3.69. The van der Waals surface area contributed by atoms with E-state index in [9.17, 15) is 0 Å². The number of aryl methyl sites for hydroxylation is 1. The van der Waals surface area contributed by atoms with Crippen LogP contribution in [0.3, 0.4) is 0 Å². The lowest BCUT2D eigenvalue weighted by molar-refractivity contribution is 0.884. The Morgan fingerprint density at radius 3 is 2.30 bits per heavy atom. The van der Waals surface area contributed by atoms with Crippen LogP contribution < -0.4 is 10.7 Å². The van der Waals surface area contributed by atoms with E-state index in [4.69, 9.17) is 17.3 Å². The molecule has 0 atom stereocenters. The fourth-order valence-corrected chi connectivity index (χ4v) is 3.14. The molecule has 0 aliphatic rings. The van der Waals surface area contributed by atoms with Crippen LogP contribution in [-0.4, -0.2) is 21.1 Å². The molecular formula is C24H21N5S. The molecule has 2 N–H and O–H groups in total. The molecule has 0 saturated carbocycles. The summed E-state index contributed by atoms with van der Waals surface area (Å²) < 4.78 is 1.85. The van der Waals surface area contributed by atoms with Crippen molar-refractivity contribution in [2.24, 2.45) is 5.10 Å². The number of thiocarbonyl (C=S) groups is 1. The van der Waals surface area contributed by atoms with Crippen LogP contribution in [-0.2, 0) is 0 Å². The quantitative estimate of drug-likeness (QED) is 0.270. The molecule has 0 fully saturated rings. The maximum absolute atomic E-state index is 5.34. The standard InChI is InChI=1S/C24H21N5S/c1-18-12-14-21(15-13-18)26-24(30)27-25-16-20-17-29(22-10-6-3-7-11-22)28-23(20)19-8-4-2-5-9-19/h2-17H,1H3,(H2,26,27,30). The minimum atomic E-state index is 0.423. The van der Waals surface area contributed by atoms with Gasteiger partial charge in [0, 0.05) is 23.0 Å². The van der Waals surface area contributed by atoms with Crippen LogP contribution in [0, 0.1) is 6.92 Å². The molecule has 0 bridgehead atoms. The molecule has 30 heavy (non-hydrogen) atoms. The number of nitrogens with one attached hydrogen (secondary N) is 2. The number of hydrogen-bond donors (Lipinski definition) is 2. The molecule has 0 unspecified atom stereocenters. The van der Waals surface area contributed by atoms with Crippen LogP contribution in [0.25, 0.3) is 16.9 Å². The lowest BCUT2D eigenvalue weighted by atomic mass is 10.1. The van der Waals surface area contributed by atoms with Gasteiger partial charge in [0.05, 0.1) is 11.9 Å². The van der Waals surface area contributed by atoms with E-state index < -0.39 is 0 Å². The van der Waals surface area contributed by atoms with Gasteiger partial charge in [-0.1, -0.05) is 66.2 Å². The Bertz CT molecular complexity index is 1150. The highest BCUT2D eigenvalue weighted by Gasteiger charge is 2.10. The Labute approximate surface area is 181 Å². The van der Waals surface area contributed by atoms with Gasteiger partial charge in [0.1, 0.15) is 5.69 Å². The van der Waals surface area contributed by atoms with E-state index in [-0.39, 0.29) is 0 Å². The topological polar surface area (TPSA) is 54.2 Å². The smallest absolute Gasteiger partial charge is 0.191 e. The van der Waals surface area contributed by atoms with Gasteiger partial charge < -0.3 is 5.32 Å². The zero-order valence-corrected chi connectivity index (χ0v) is 17.3. The van der Waals surface area contributed by atoms with E-state index in [1.54, 1.807) is 6.21 Å². The predicted molar refractivity (Wildman–Crippen MR) is 127 cm³/mol. The molecule has 0 spiro atoms. The maximum Gasteiger partial charge on any atom is 0.191 e. The second kappa shape index (κ2) is 9.15. The van der Waals surface area contributed by atoms with Gasteiger partial charge in [-0.2, -0.15) is 10.2 Å². The van der Waals surface area contributed by atoms with E-state index in [0.29, 0.717) is 5.11 Å². The summed E-state index contributed by atoms with van der Waals surface area (Å²) in [5.41, 5.74) is 8.72. The van der Waals surface area contributed by atoms with Crippen molar-refractivity contribution in [2.75, 3.05) is 5.32 Å². The minimum Gasteiger partial charge on any atom is -0.331 e. The summed E-state index contributed by atoms with van der Waals surface area (Å²) in [5.74, 6) is 0. The minimum absolute atomic E-state index is 0.423. The monoisotopic (exact) mass is 411 g/mol. The Hall–Kier alpha value is -3.77. The van der Waals surface area contributed by atoms with E-state index in [2.05, 4.69) is 15.8 Å². The van der Waals surface area contributed by atoms with Crippen molar-refractivity contribution in [3.63, 3.8) is 0 Å². The first-order valence-corrected chi connectivity index (χ1v) is 9.97. The van der Waals surface area contributed by atoms with Crippen LogP contribution in [0.4, 0.5) is 5.69 Å². The van der Waals surface area contributed by atoms with Crippen molar-refractivity contribution in [1.29, 1.82) is 0 Å². The number of hydrogen-bond acceptors (Lipinski definition) is 3. The lowest BCUT2D eigenvalue weighted by Crippen LogP contribution is -2.23. The lowest BCUT2D eigenvalue weighted by Gasteiger charge is -2.06. The van der Waals surface area contributed by atoms with Crippen LogP contribution in [0.2, 0.25) is 0 Å². The van der Waals surface area contributed by atoms with Crippen LogP contribution in [0.1, 0.15) is 11.1 Å². The fourth-order valence-electron chi connectivity index (χ4n) is 2.97. The SMILES string of the molecule is Cc1ccc(NC(=S)NN=Cc2cn(-c3ccccc3)nc2-c2ccccc2)cc1. The second-order valence-electron chi connectivity index (χ2n) is 6.77. The van der Waals surface area contributed by atoms with Gasteiger partial charge >= 0.3 is 0 Å². The predicted octanol–water partition coefficient (Wildman–Crippen LogP) is 5.17. The molecule has 3 aromatic carbocycles. The molecule has 0 amide bonds. The molecule has 1 aromatic heterocycles. The molecule has 6 heteroatoms. The molecule has 4 aromatic rings. The van der Waals surface area contributed by atoms with Crippen molar-refractivity contribution in [1.82, 2.24) is 15.2 Å². The highest BCUT2D eigenvalue weighted by atomic mass is 32.1. The van der Waals surface area contributed by atoms with Crippen LogP contribution in [0.5, 0.6) is 0 Å². The Morgan fingerprint density at radius 2 is 1.60 bits per heavy atom. The van der Waals surface area contributed by atoms with Crippen LogP contribution >= 0.6 is 12.2 Å². The first-order chi connectivity index (χ1) is 14.7. The first-order valence-electron chi connectivity index (χ1n) is 9.56. The largest absolute Gasteiger partial charge is 0.331 e. The second-order valence-corrected chi connectivity index (χ2v) is 7.18. The van der Waals surface area contributed by atoms with Crippen molar-refractivity contribution >= 4 is 29.2 Å². The van der Waals surface area contributed by atoms with E-state index >= 15 is 0 Å². The van der Waals surface area contributed by atoms with Crippen molar-refractivity contribution in [3.05, 3.63) is 102 Å². The molecular weight excluding hydrogens is 390 g/mol. The highest BCUT2D eigenvalue weighted by Crippen LogP contribution is 2.22. The molecule has 148 valence electrons. The molecule has 4 rings (SSSR count). The average molecular weight is 412 g/mol. The average Bonchev–Trinajstić information content (AvgIpc) is 3.21. The molecule has 0 saturated heterocycles. The number of para-hydroxylation sites is 1. The van der Waals surface area contributed by atoms with E-state index in [1.165, 1.54) is 5.56 Å². The summed E-state index contributed by atoms with van der Waals surface area (Å²) in [6.45, 7) is 2.05. The highest BCUT2D eigenvalue weighted by molar-refractivity contribution is 7.80. The zero-order chi connectivity index (χ0) is 20.8. The van der Waals surface area contributed by atoms with Gasteiger partial charge in [-0.15, -0.1) is 0 Å². The zero-order valence-electron chi connectivity index (χ0n) is 16.5. The first kappa shape index (κ1) is 19.5. The van der Waals surface area contributed by atoms with Gasteiger partial charge in [0.2, 0.25) is 0 Å². The number of benzene rings is 3. The number of nitrogens with zero attached hydrogens (tertiary/aromatic N) is 3. The normalized spacial score (nSPS) is 10.8. The number of hydrazone groups is 1. The van der Waals surface area contributed by atoms with Crippen molar-refractivity contribution < 1.29 is 0 Å². The number of rotatable bonds is 5. The molecule has 0 radical (unpaired) electrons. The van der Waals surface area contributed by atoms with Crippen molar-refractivity contribution in [3.8, 4) is 16.9 Å². The summed E-state index contributed by atoms with van der Waals surface area (Å²) >= 11 is 5.34. The van der Waals surface area contributed by atoms with Gasteiger partial charge in [-0.3, -0.25) is 5.43 Å². The van der Waals surface area contributed by atoms with Gasteiger partial charge in [-0.25, -0.2) is 4.68 Å². The van der Waals surface area contributed by atoms with E-state index in [1.807, 2.05) is 103 Å². The summed E-state index contributed by atoms with van der Waals surface area (Å²) in [4.78, 5) is 0. The van der Waals surface area contributed by atoms with Gasteiger partial charge in [-0.05, 0) is 43.4 Å². The number of aromatic nitrogens is 2. The third-order valence-corrected chi connectivity index (χ3v) is 4.68. The van der Waals surface area contributed by atoms with Crippen LogP contribution in [0.15, 0.2) is 96.2 Å². The number of anilines is 1. The molecule has 0 aliphatic heterocycles. The van der Waals surface area contributed by atoms with Gasteiger partial charge in [0.15, 0.2) is 5.11 Å². The Kier molecular flexibility index (Phi) is 5.96. The molecule has 5 nitrogen and oxygen atoms in total. The summed E-state index contributed by atoms with van der Waals surface area (Å²) in [5, 5.41) is 12.6. The van der Waals surface area contributed by atoms with Crippen molar-refractivity contribution in [2.45, 2.75) is 6.92 Å².